The number of para-hydroxylation sites is 1. The number of aromatic nitrogens is 2. The van der Waals surface area contributed by atoms with Gasteiger partial charge in [0, 0.05) is 11.5 Å². The lowest BCUT2D eigenvalue weighted by Gasteiger charge is -2.21. The molecule has 0 unspecified atom stereocenters. The molecule has 0 spiro atoms. The third kappa shape index (κ3) is 3.99. The predicted octanol–water partition coefficient (Wildman–Crippen LogP) is 2.69. The van der Waals surface area contributed by atoms with E-state index in [0.29, 0.717) is 10.7 Å². The minimum atomic E-state index is -0.596. The molecular formula is C13H14N4O3S. The quantitative estimate of drug-likeness (QED) is 0.881. The number of carbonyl (C=O) groups excluding carboxylic acids is 2. The molecule has 0 saturated carbocycles. The van der Waals surface area contributed by atoms with Crippen LogP contribution in [0.25, 0.3) is 0 Å². The number of hydrogen-bond donors (Lipinski definition) is 1. The molecule has 2 rings (SSSR count). The molecule has 0 saturated heterocycles. The largest absolute Gasteiger partial charge is 0.360 e. The average molecular weight is 306 g/mol. The highest BCUT2D eigenvalue weighted by atomic mass is 32.1. The number of nitrogens with zero attached hydrogens (tertiary/aromatic N) is 3. The highest BCUT2D eigenvalue weighted by Crippen LogP contribution is 2.18. The maximum atomic E-state index is 12.3. The van der Waals surface area contributed by atoms with Crippen molar-refractivity contribution in [1.29, 1.82) is 0 Å². The molecule has 1 heterocycles. The van der Waals surface area contributed by atoms with Crippen LogP contribution in [-0.2, 0) is 9.63 Å². The third-order valence-corrected chi connectivity index (χ3v) is 3.00. The van der Waals surface area contributed by atoms with Crippen molar-refractivity contribution in [3.8, 4) is 0 Å². The lowest BCUT2D eigenvalue weighted by molar-refractivity contribution is -0.147. The Morgan fingerprint density at radius 3 is 2.57 bits per heavy atom. The maximum absolute atomic E-state index is 12.3. The number of hydrogen-bond acceptors (Lipinski definition) is 6. The van der Waals surface area contributed by atoms with Crippen LogP contribution in [0.2, 0.25) is 0 Å². The smallest absolute Gasteiger partial charge is 0.331 e. The number of hydroxylamine groups is 1. The summed E-state index contributed by atoms with van der Waals surface area (Å²) >= 11 is 1.03. The van der Waals surface area contributed by atoms with Crippen LogP contribution < -0.4 is 10.4 Å². The molecule has 1 aromatic heterocycles. The minimum Gasteiger partial charge on any atom is -0.331 e. The molecule has 1 aromatic carbocycles. The van der Waals surface area contributed by atoms with Crippen LogP contribution in [-0.4, -0.2) is 21.6 Å². The van der Waals surface area contributed by atoms with Crippen LogP contribution in [0.4, 0.5) is 15.5 Å². The Morgan fingerprint density at radius 1 is 1.29 bits per heavy atom. The molecule has 0 aliphatic carbocycles. The summed E-state index contributed by atoms with van der Waals surface area (Å²) in [5, 5.41) is 7.57. The zero-order valence-corrected chi connectivity index (χ0v) is 12.3. The fraction of sp³-hybridized carbons (Fsp3) is 0.231. The van der Waals surface area contributed by atoms with Gasteiger partial charge < -0.3 is 4.84 Å². The number of benzene rings is 1. The van der Waals surface area contributed by atoms with E-state index in [1.54, 1.807) is 44.2 Å². The number of nitrogens with one attached hydrogen (secondary N) is 1. The Balaban J connectivity index is 2.19. The normalized spacial score (nSPS) is 10.2. The van der Waals surface area contributed by atoms with Crippen LogP contribution in [0, 0.1) is 5.92 Å². The Morgan fingerprint density at radius 2 is 2.00 bits per heavy atom. The van der Waals surface area contributed by atoms with E-state index in [9.17, 15) is 9.59 Å². The van der Waals surface area contributed by atoms with E-state index in [0.717, 1.165) is 16.6 Å². The summed E-state index contributed by atoms with van der Waals surface area (Å²) in [6, 6.07) is 8.02. The number of amides is 2. The molecule has 21 heavy (non-hydrogen) atoms. The summed E-state index contributed by atoms with van der Waals surface area (Å²) in [7, 11) is 0. The standard InChI is InChI=1S/C13H14N4O3S/c1-9(2)12(18)20-17(10-6-4-3-5-7-10)13(19)15-11-8-14-16-21-11/h3-9H,1-2H3,(H,15,19). The van der Waals surface area contributed by atoms with Gasteiger partial charge in [-0.2, -0.15) is 0 Å². The van der Waals surface area contributed by atoms with Gasteiger partial charge in [0.2, 0.25) is 0 Å². The first kappa shape index (κ1) is 14.9. The average Bonchev–Trinajstić information content (AvgIpc) is 2.98. The topological polar surface area (TPSA) is 84.4 Å². The summed E-state index contributed by atoms with van der Waals surface area (Å²) in [5.41, 5.74) is 0.446. The van der Waals surface area contributed by atoms with Crippen LogP contribution in [0.15, 0.2) is 36.5 Å². The lowest BCUT2D eigenvalue weighted by Crippen LogP contribution is -2.38. The number of urea groups is 1. The molecule has 1 N–H and O–H groups in total. The van der Waals surface area contributed by atoms with E-state index < -0.39 is 12.0 Å². The molecule has 110 valence electrons. The van der Waals surface area contributed by atoms with Crippen molar-refractivity contribution in [3.05, 3.63) is 36.5 Å². The number of anilines is 2. The fourth-order valence-electron chi connectivity index (χ4n) is 1.35. The highest BCUT2D eigenvalue weighted by Gasteiger charge is 2.23. The molecular weight excluding hydrogens is 292 g/mol. The molecule has 2 amide bonds. The highest BCUT2D eigenvalue weighted by molar-refractivity contribution is 7.10. The van der Waals surface area contributed by atoms with Crippen LogP contribution in [0.3, 0.4) is 0 Å². The zero-order valence-electron chi connectivity index (χ0n) is 11.5. The first-order chi connectivity index (χ1) is 10.1. The zero-order chi connectivity index (χ0) is 15.2. The van der Waals surface area contributed by atoms with E-state index >= 15 is 0 Å². The van der Waals surface area contributed by atoms with Crippen LogP contribution in [0.5, 0.6) is 0 Å². The summed E-state index contributed by atoms with van der Waals surface area (Å²) in [6.45, 7) is 3.38. The van der Waals surface area contributed by atoms with Gasteiger partial charge in [-0.3, -0.25) is 5.32 Å². The molecule has 0 aliphatic rings. The van der Waals surface area contributed by atoms with Crippen molar-refractivity contribution in [1.82, 2.24) is 9.59 Å². The van der Waals surface area contributed by atoms with Gasteiger partial charge in [0.05, 0.1) is 17.8 Å². The summed E-state index contributed by atoms with van der Waals surface area (Å²) < 4.78 is 3.65. The van der Waals surface area contributed by atoms with Crippen molar-refractivity contribution in [2.45, 2.75) is 13.8 Å². The second-order valence-corrected chi connectivity index (χ2v) is 5.19. The van der Waals surface area contributed by atoms with E-state index in [4.69, 9.17) is 4.84 Å². The molecule has 0 bridgehead atoms. The van der Waals surface area contributed by atoms with Gasteiger partial charge in [-0.15, -0.1) is 10.2 Å². The van der Waals surface area contributed by atoms with Gasteiger partial charge in [0.25, 0.3) is 0 Å². The van der Waals surface area contributed by atoms with Gasteiger partial charge in [0.1, 0.15) is 5.00 Å². The Hall–Kier alpha value is -2.48. The molecule has 2 aromatic rings. The van der Waals surface area contributed by atoms with Gasteiger partial charge in [-0.1, -0.05) is 36.5 Å². The van der Waals surface area contributed by atoms with E-state index in [1.165, 1.54) is 6.20 Å². The molecule has 7 nitrogen and oxygen atoms in total. The maximum Gasteiger partial charge on any atom is 0.360 e. The summed E-state index contributed by atoms with van der Waals surface area (Å²) in [6.07, 6.45) is 1.41. The molecule has 0 aliphatic heterocycles. The van der Waals surface area contributed by atoms with Gasteiger partial charge in [0.15, 0.2) is 0 Å². The fourth-order valence-corrected chi connectivity index (χ4v) is 1.76. The molecule has 0 fully saturated rings. The first-order valence-electron chi connectivity index (χ1n) is 6.23. The second kappa shape index (κ2) is 6.80. The Kier molecular flexibility index (Phi) is 4.83. The molecule has 0 atom stereocenters. The summed E-state index contributed by atoms with van der Waals surface area (Å²) in [5.74, 6) is -0.856. The molecule has 8 heteroatoms. The second-order valence-electron chi connectivity index (χ2n) is 4.41. The Bertz CT molecular complexity index is 601. The SMILES string of the molecule is CC(C)C(=O)ON(C(=O)Nc1cnns1)c1ccccc1. The van der Waals surface area contributed by atoms with Crippen LogP contribution in [0.1, 0.15) is 13.8 Å². The lowest BCUT2D eigenvalue weighted by atomic mass is 10.2. The third-order valence-electron chi connectivity index (χ3n) is 2.42. The first-order valence-corrected chi connectivity index (χ1v) is 7.00. The van der Waals surface area contributed by atoms with Crippen molar-refractivity contribution < 1.29 is 14.4 Å². The molecule has 0 radical (unpaired) electrons. The van der Waals surface area contributed by atoms with Gasteiger partial charge in [-0.25, -0.2) is 9.59 Å². The number of carbonyl (C=O) groups is 2. The van der Waals surface area contributed by atoms with E-state index in [2.05, 4.69) is 14.9 Å². The minimum absolute atomic E-state index is 0.353. The summed E-state index contributed by atoms with van der Waals surface area (Å²) in [4.78, 5) is 29.2. The van der Waals surface area contributed by atoms with Crippen molar-refractivity contribution in [3.63, 3.8) is 0 Å². The monoisotopic (exact) mass is 306 g/mol. The predicted molar refractivity (Wildman–Crippen MR) is 78.8 cm³/mol. The van der Waals surface area contributed by atoms with Gasteiger partial charge in [-0.05, 0) is 12.1 Å². The van der Waals surface area contributed by atoms with Crippen molar-refractivity contribution in [2.24, 2.45) is 5.92 Å². The van der Waals surface area contributed by atoms with E-state index in [1.807, 2.05) is 0 Å². The number of rotatable bonds is 3. The van der Waals surface area contributed by atoms with E-state index in [-0.39, 0.29) is 5.92 Å². The van der Waals surface area contributed by atoms with Crippen molar-refractivity contribution in [2.75, 3.05) is 10.4 Å². The van der Waals surface area contributed by atoms with Crippen LogP contribution >= 0.6 is 11.5 Å². The van der Waals surface area contributed by atoms with Gasteiger partial charge >= 0.3 is 12.0 Å². The Labute approximate surface area is 125 Å². The van der Waals surface area contributed by atoms with Crippen molar-refractivity contribution >= 4 is 34.2 Å².